The number of methoxy groups -OCH3 is 1. The highest BCUT2D eigenvalue weighted by Crippen LogP contribution is 2.28. The number of carbonyl (C=O) groups is 1. The summed E-state index contributed by atoms with van der Waals surface area (Å²) in [5, 5.41) is 9.87. The summed E-state index contributed by atoms with van der Waals surface area (Å²) >= 11 is 0. The molecule has 0 fully saturated rings. The second-order valence-electron chi connectivity index (χ2n) is 3.66. The van der Waals surface area contributed by atoms with E-state index in [0.717, 1.165) is 16.6 Å². The van der Waals surface area contributed by atoms with E-state index in [4.69, 9.17) is 9.84 Å². The molecule has 4 heteroatoms. The van der Waals surface area contributed by atoms with Gasteiger partial charge in [-0.05, 0) is 19.1 Å². The zero-order valence-corrected chi connectivity index (χ0v) is 9.23. The van der Waals surface area contributed by atoms with E-state index in [2.05, 4.69) is 0 Å². The topological polar surface area (TPSA) is 51.5 Å². The molecule has 1 N–H and O–H groups in total. The summed E-state index contributed by atoms with van der Waals surface area (Å²) in [6.07, 6.45) is 0. The second kappa shape index (κ2) is 3.89. The number of aliphatic carboxylic acids is 1. The molecule has 0 aliphatic heterocycles. The van der Waals surface area contributed by atoms with Crippen LogP contribution in [0.15, 0.2) is 24.3 Å². The van der Waals surface area contributed by atoms with Crippen LogP contribution in [0.1, 0.15) is 5.69 Å². The van der Waals surface area contributed by atoms with Gasteiger partial charge >= 0.3 is 5.97 Å². The van der Waals surface area contributed by atoms with Crippen molar-refractivity contribution in [2.24, 2.45) is 0 Å². The van der Waals surface area contributed by atoms with E-state index in [0.29, 0.717) is 5.75 Å². The molecule has 1 aromatic carbocycles. The summed E-state index contributed by atoms with van der Waals surface area (Å²) in [5.41, 5.74) is 1.76. The minimum atomic E-state index is -0.855. The first-order valence-electron chi connectivity index (χ1n) is 4.98. The Labute approximate surface area is 93.1 Å². The van der Waals surface area contributed by atoms with Crippen LogP contribution < -0.4 is 4.74 Å². The molecule has 0 atom stereocenters. The molecule has 0 aliphatic carbocycles. The van der Waals surface area contributed by atoms with Crippen LogP contribution in [0, 0.1) is 6.92 Å². The Hall–Kier alpha value is -1.97. The van der Waals surface area contributed by atoms with Crippen LogP contribution in [-0.2, 0) is 11.3 Å². The zero-order valence-electron chi connectivity index (χ0n) is 9.23. The molecule has 0 amide bonds. The van der Waals surface area contributed by atoms with Crippen molar-refractivity contribution in [1.29, 1.82) is 0 Å². The van der Waals surface area contributed by atoms with Gasteiger partial charge in [-0.1, -0.05) is 12.1 Å². The van der Waals surface area contributed by atoms with Crippen molar-refractivity contribution in [2.45, 2.75) is 13.5 Å². The number of carboxylic acids is 1. The lowest BCUT2D eigenvalue weighted by Gasteiger charge is -2.08. The van der Waals surface area contributed by atoms with Crippen LogP contribution in [0.5, 0.6) is 5.75 Å². The molecule has 0 saturated carbocycles. The van der Waals surface area contributed by atoms with Gasteiger partial charge in [-0.2, -0.15) is 0 Å². The molecule has 0 unspecified atom stereocenters. The largest absolute Gasteiger partial charge is 0.495 e. The minimum Gasteiger partial charge on any atom is -0.495 e. The number of fused-ring (bicyclic) bond motifs is 1. The van der Waals surface area contributed by atoms with Crippen molar-refractivity contribution < 1.29 is 14.6 Å². The van der Waals surface area contributed by atoms with Crippen LogP contribution in [0.25, 0.3) is 10.9 Å². The maximum atomic E-state index is 10.8. The van der Waals surface area contributed by atoms with Gasteiger partial charge < -0.3 is 14.4 Å². The van der Waals surface area contributed by atoms with Crippen LogP contribution in [0.4, 0.5) is 0 Å². The third-order valence-electron chi connectivity index (χ3n) is 2.60. The third kappa shape index (κ3) is 1.62. The summed E-state index contributed by atoms with van der Waals surface area (Å²) in [4.78, 5) is 10.8. The van der Waals surface area contributed by atoms with Gasteiger partial charge in [0.2, 0.25) is 0 Å². The number of ether oxygens (including phenoxy) is 1. The highest BCUT2D eigenvalue weighted by Gasteiger charge is 2.12. The molecule has 0 bridgehead atoms. The maximum Gasteiger partial charge on any atom is 0.323 e. The Balaban J connectivity index is 2.70. The number of nitrogens with zero attached hydrogens (tertiary/aromatic N) is 1. The minimum absolute atomic E-state index is 0.0459. The van der Waals surface area contributed by atoms with Gasteiger partial charge in [0, 0.05) is 11.1 Å². The molecule has 2 rings (SSSR count). The lowest BCUT2D eigenvalue weighted by Crippen LogP contribution is -2.10. The van der Waals surface area contributed by atoms with E-state index in [9.17, 15) is 4.79 Å². The SMILES string of the molecule is COc1cccc2cc(C)n(CC(=O)O)c12. The van der Waals surface area contributed by atoms with E-state index in [1.807, 2.05) is 31.2 Å². The van der Waals surface area contributed by atoms with Crippen molar-refractivity contribution in [3.63, 3.8) is 0 Å². The van der Waals surface area contributed by atoms with E-state index in [1.165, 1.54) is 0 Å². The molecule has 1 aromatic heterocycles. The Morgan fingerprint density at radius 2 is 2.25 bits per heavy atom. The first-order valence-corrected chi connectivity index (χ1v) is 4.98. The van der Waals surface area contributed by atoms with Gasteiger partial charge in [-0.25, -0.2) is 0 Å². The number of aryl methyl sites for hydroxylation is 1. The summed E-state index contributed by atoms with van der Waals surface area (Å²) < 4.78 is 7.00. The summed E-state index contributed by atoms with van der Waals surface area (Å²) in [6, 6.07) is 7.63. The van der Waals surface area contributed by atoms with E-state index < -0.39 is 5.97 Å². The van der Waals surface area contributed by atoms with Gasteiger partial charge in [0.15, 0.2) is 0 Å². The summed E-state index contributed by atoms with van der Waals surface area (Å²) in [6.45, 7) is 1.85. The molecule has 2 aromatic rings. The summed E-state index contributed by atoms with van der Waals surface area (Å²) in [7, 11) is 1.59. The molecule has 1 heterocycles. The molecule has 4 nitrogen and oxygen atoms in total. The molecule has 0 spiro atoms. The molecule has 0 radical (unpaired) electrons. The van der Waals surface area contributed by atoms with Crippen LogP contribution in [0.3, 0.4) is 0 Å². The van der Waals surface area contributed by atoms with Gasteiger partial charge in [-0.3, -0.25) is 4.79 Å². The Bertz CT molecular complexity index is 542. The first kappa shape index (κ1) is 10.5. The number of hydrogen-bond donors (Lipinski definition) is 1. The van der Waals surface area contributed by atoms with Crippen molar-refractivity contribution in [3.05, 3.63) is 30.0 Å². The average Bonchev–Trinajstić information content (AvgIpc) is 2.54. The van der Waals surface area contributed by atoms with Crippen LogP contribution in [0.2, 0.25) is 0 Å². The maximum absolute atomic E-state index is 10.8. The van der Waals surface area contributed by atoms with Gasteiger partial charge in [0.1, 0.15) is 12.3 Å². The highest BCUT2D eigenvalue weighted by atomic mass is 16.5. The number of hydrogen-bond acceptors (Lipinski definition) is 2. The van der Waals surface area contributed by atoms with Crippen molar-refractivity contribution in [1.82, 2.24) is 4.57 Å². The molecule has 84 valence electrons. The summed E-state index contributed by atoms with van der Waals surface area (Å²) in [5.74, 6) is -0.154. The Morgan fingerprint density at radius 1 is 1.50 bits per heavy atom. The highest BCUT2D eigenvalue weighted by molar-refractivity contribution is 5.88. The fourth-order valence-electron chi connectivity index (χ4n) is 1.93. The van der Waals surface area contributed by atoms with Crippen LogP contribution >= 0.6 is 0 Å². The normalized spacial score (nSPS) is 10.6. The lowest BCUT2D eigenvalue weighted by molar-refractivity contribution is -0.137. The van der Waals surface area contributed by atoms with Gasteiger partial charge in [-0.15, -0.1) is 0 Å². The number of carboxylic acid groups (broad SMARTS) is 1. The monoisotopic (exact) mass is 219 g/mol. The predicted octanol–water partition coefficient (Wildman–Crippen LogP) is 2.04. The molecular formula is C12H13NO3. The van der Waals surface area contributed by atoms with Crippen molar-refractivity contribution in [3.8, 4) is 5.75 Å². The van der Waals surface area contributed by atoms with E-state index in [-0.39, 0.29) is 6.54 Å². The van der Waals surface area contributed by atoms with Gasteiger partial charge in [0.25, 0.3) is 0 Å². The van der Waals surface area contributed by atoms with Gasteiger partial charge in [0.05, 0.1) is 12.6 Å². The third-order valence-corrected chi connectivity index (χ3v) is 2.60. The molecular weight excluding hydrogens is 206 g/mol. The smallest absolute Gasteiger partial charge is 0.323 e. The fraction of sp³-hybridized carbons (Fsp3) is 0.250. The van der Waals surface area contributed by atoms with Crippen molar-refractivity contribution >= 4 is 16.9 Å². The predicted molar refractivity (Wildman–Crippen MR) is 60.9 cm³/mol. The average molecular weight is 219 g/mol. The first-order chi connectivity index (χ1) is 7.63. The lowest BCUT2D eigenvalue weighted by atomic mass is 10.2. The van der Waals surface area contributed by atoms with E-state index >= 15 is 0 Å². The second-order valence-corrected chi connectivity index (χ2v) is 3.66. The number of benzene rings is 1. The molecule has 0 saturated heterocycles. The molecule has 16 heavy (non-hydrogen) atoms. The van der Waals surface area contributed by atoms with E-state index in [1.54, 1.807) is 11.7 Å². The standard InChI is InChI=1S/C12H13NO3/c1-8-6-9-4-3-5-10(16-2)12(9)13(8)7-11(14)15/h3-6H,7H2,1-2H3,(H,14,15). The Kier molecular flexibility index (Phi) is 2.56. The number of para-hydroxylation sites is 1. The fourth-order valence-corrected chi connectivity index (χ4v) is 1.93. The quantitative estimate of drug-likeness (QED) is 0.859. The zero-order chi connectivity index (χ0) is 11.7. The van der Waals surface area contributed by atoms with Crippen molar-refractivity contribution in [2.75, 3.05) is 7.11 Å². The number of aromatic nitrogens is 1. The van der Waals surface area contributed by atoms with Crippen LogP contribution in [-0.4, -0.2) is 22.8 Å². The Morgan fingerprint density at radius 3 is 2.88 bits per heavy atom. The number of rotatable bonds is 3. The molecule has 0 aliphatic rings.